The number of amides is 3. The van der Waals surface area contributed by atoms with E-state index in [0.29, 0.717) is 12.2 Å². The molecule has 3 amide bonds. The summed E-state index contributed by atoms with van der Waals surface area (Å²) in [7, 11) is 1.54. The predicted molar refractivity (Wildman–Crippen MR) is 147 cm³/mol. The smallest absolute Gasteiger partial charge is 0.412 e. The molecule has 0 saturated heterocycles. The number of nitrogens with zero attached hydrogens (tertiary/aromatic N) is 1. The van der Waals surface area contributed by atoms with Crippen molar-refractivity contribution in [2.24, 2.45) is 0 Å². The summed E-state index contributed by atoms with van der Waals surface area (Å²) in [4.78, 5) is 27.9. The first kappa shape index (κ1) is 29.8. The van der Waals surface area contributed by atoms with Crippen LogP contribution in [-0.4, -0.2) is 62.5 Å². The van der Waals surface area contributed by atoms with E-state index >= 15 is 0 Å². The molecule has 0 radical (unpaired) electrons. The molecule has 1 unspecified atom stereocenters. The molecule has 0 heterocycles. The fraction of sp³-hybridized carbons (Fsp3) is 0.462. The van der Waals surface area contributed by atoms with E-state index in [9.17, 15) is 9.59 Å². The molecule has 0 saturated carbocycles. The topological polar surface area (TPSA) is 91.9 Å². The van der Waals surface area contributed by atoms with Crippen LogP contribution in [0.3, 0.4) is 0 Å². The van der Waals surface area contributed by atoms with E-state index in [1.54, 1.807) is 17.0 Å². The second-order valence-corrected chi connectivity index (χ2v) is 10.0. The Bertz CT molecular complexity index is 949. The van der Waals surface area contributed by atoms with Gasteiger partial charge in [0.1, 0.15) is 6.10 Å². The number of halogens is 1. The molecule has 2 aromatic carbocycles. The Morgan fingerprint density at radius 1 is 1.11 bits per heavy atom. The van der Waals surface area contributed by atoms with Crippen LogP contribution in [0, 0.1) is 6.92 Å². The molecular formula is C26H37ClN4O4S. The van der Waals surface area contributed by atoms with Crippen molar-refractivity contribution < 1.29 is 19.1 Å². The minimum atomic E-state index is -0.617. The number of anilines is 1. The van der Waals surface area contributed by atoms with Gasteiger partial charge in [-0.15, -0.1) is 0 Å². The van der Waals surface area contributed by atoms with E-state index < -0.39 is 12.2 Å². The molecule has 36 heavy (non-hydrogen) atoms. The molecule has 0 aliphatic heterocycles. The van der Waals surface area contributed by atoms with Crippen LogP contribution in [-0.2, 0) is 9.47 Å². The molecule has 8 nitrogen and oxygen atoms in total. The quantitative estimate of drug-likeness (QED) is 0.211. The fourth-order valence-corrected chi connectivity index (χ4v) is 4.35. The largest absolute Gasteiger partial charge is 0.442 e. The maximum atomic E-state index is 12.8. The normalized spacial score (nSPS) is 11.7. The summed E-state index contributed by atoms with van der Waals surface area (Å²) in [5.74, 6) is 0. The van der Waals surface area contributed by atoms with E-state index in [1.807, 2.05) is 57.2 Å². The van der Waals surface area contributed by atoms with Crippen molar-refractivity contribution in [1.29, 1.82) is 0 Å². The summed E-state index contributed by atoms with van der Waals surface area (Å²) < 4.78 is 14.1. The Morgan fingerprint density at radius 2 is 1.86 bits per heavy atom. The van der Waals surface area contributed by atoms with Gasteiger partial charge >= 0.3 is 12.1 Å². The van der Waals surface area contributed by atoms with Crippen LogP contribution in [0.5, 0.6) is 0 Å². The molecule has 0 spiro atoms. The standard InChI is InChI=1S/C26H37ClN4O4S/c1-19(2)29-25(32)31(15-9-8-14-28-36-24-13-12-20(3)16-23(24)27)17-22(18-34-4)35-26(33)30-21-10-6-5-7-11-21/h5-7,10-13,16,19,22,28H,8-9,14-15,17-18H2,1-4H3,(H,29,32)(H,30,33). The van der Waals surface area contributed by atoms with Gasteiger partial charge in [-0.3, -0.25) is 10.0 Å². The third kappa shape index (κ3) is 11.5. The number of ether oxygens (including phenoxy) is 2. The van der Waals surface area contributed by atoms with Crippen molar-refractivity contribution in [3.8, 4) is 0 Å². The number of para-hydroxylation sites is 1. The number of carbonyl (C=O) groups is 2. The maximum Gasteiger partial charge on any atom is 0.412 e. The molecule has 3 N–H and O–H groups in total. The number of hydrogen-bond acceptors (Lipinski definition) is 6. The molecule has 0 aliphatic carbocycles. The Balaban J connectivity index is 1.86. The molecular weight excluding hydrogens is 500 g/mol. The molecule has 0 aromatic heterocycles. The molecule has 198 valence electrons. The van der Waals surface area contributed by atoms with Gasteiger partial charge in [0.25, 0.3) is 0 Å². The number of benzene rings is 2. The summed E-state index contributed by atoms with van der Waals surface area (Å²) in [5.41, 5.74) is 1.75. The molecule has 0 aliphatic rings. The molecule has 2 rings (SSSR count). The average molecular weight is 537 g/mol. The number of unbranched alkanes of at least 4 members (excludes halogenated alkanes) is 1. The summed E-state index contributed by atoms with van der Waals surface area (Å²) in [5, 5.41) is 6.35. The first-order valence-electron chi connectivity index (χ1n) is 12.0. The second-order valence-electron chi connectivity index (χ2n) is 8.66. The lowest BCUT2D eigenvalue weighted by Crippen LogP contribution is -2.48. The predicted octanol–water partition coefficient (Wildman–Crippen LogP) is 5.71. The third-order valence-electron chi connectivity index (χ3n) is 5.00. The number of rotatable bonds is 14. The number of carbonyl (C=O) groups excluding carboxylic acids is 2. The van der Waals surface area contributed by atoms with E-state index in [0.717, 1.165) is 34.9 Å². The van der Waals surface area contributed by atoms with Gasteiger partial charge in [-0.2, -0.15) is 0 Å². The molecule has 10 heteroatoms. The molecule has 0 fully saturated rings. The highest BCUT2D eigenvalue weighted by Crippen LogP contribution is 2.25. The maximum absolute atomic E-state index is 12.8. The van der Waals surface area contributed by atoms with Crippen LogP contribution in [0.1, 0.15) is 32.3 Å². The zero-order chi connectivity index (χ0) is 26.3. The number of nitrogens with one attached hydrogen (secondary N) is 3. The SMILES string of the molecule is COCC(CN(CCCCNSc1ccc(C)cc1Cl)C(=O)NC(C)C)OC(=O)Nc1ccccc1. The molecule has 2 aromatic rings. The van der Waals surface area contributed by atoms with Crippen LogP contribution in [0.2, 0.25) is 5.02 Å². The lowest BCUT2D eigenvalue weighted by atomic mass is 10.2. The zero-order valence-corrected chi connectivity index (χ0v) is 23.0. The van der Waals surface area contributed by atoms with E-state index in [2.05, 4.69) is 15.4 Å². The highest BCUT2D eigenvalue weighted by Gasteiger charge is 2.22. The van der Waals surface area contributed by atoms with Crippen molar-refractivity contribution in [1.82, 2.24) is 14.9 Å². The minimum absolute atomic E-state index is 0.0134. The summed E-state index contributed by atoms with van der Waals surface area (Å²) in [6, 6.07) is 14.8. The van der Waals surface area contributed by atoms with Gasteiger partial charge in [0.15, 0.2) is 0 Å². The first-order chi connectivity index (χ1) is 17.3. The highest BCUT2D eigenvalue weighted by molar-refractivity contribution is 7.97. The van der Waals surface area contributed by atoms with E-state index in [4.69, 9.17) is 21.1 Å². The highest BCUT2D eigenvalue weighted by atomic mass is 35.5. The van der Waals surface area contributed by atoms with Crippen LogP contribution >= 0.6 is 23.5 Å². The average Bonchev–Trinajstić information content (AvgIpc) is 2.81. The van der Waals surface area contributed by atoms with Crippen molar-refractivity contribution in [2.75, 3.05) is 38.7 Å². The van der Waals surface area contributed by atoms with Gasteiger partial charge in [-0.25, -0.2) is 9.59 Å². The monoisotopic (exact) mass is 536 g/mol. The van der Waals surface area contributed by atoms with Crippen molar-refractivity contribution in [3.05, 3.63) is 59.1 Å². The van der Waals surface area contributed by atoms with E-state index in [1.165, 1.54) is 19.1 Å². The Kier molecular flexibility index (Phi) is 13.5. The van der Waals surface area contributed by atoms with Gasteiger partial charge in [0.2, 0.25) is 0 Å². The van der Waals surface area contributed by atoms with Gasteiger partial charge in [0, 0.05) is 36.8 Å². The number of aryl methyl sites for hydroxylation is 1. The summed E-state index contributed by atoms with van der Waals surface area (Å²) in [6.07, 6.45) is 0.417. The van der Waals surface area contributed by atoms with Gasteiger partial charge in [0.05, 0.1) is 18.2 Å². The van der Waals surface area contributed by atoms with Crippen LogP contribution < -0.4 is 15.4 Å². The molecule has 1 atom stereocenters. The lowest BCUT2D eigenvalue weighted by Gasteiger charge is -2.28. The zero-order valence-electron chi connectivity index (χ0n) is 21.4. The summed E-state index contributed by atoms with van der Waals surface area (Å²) in [6.45, 7) is 7.48. The number of hydrogen-bond donors (Lipinski definition) is 3. The van der Waals surface area contributed by atoms with Crippen LogP contribution in [0.15, 0.2) is 53.4 Å². The Hall–Kier alpha value is -2.46. The number of urea groups is 1. The molecule has 0 bridgehead atoms. The number of methoxy groups -OCH3 is 1. The Labute approximate surface area is 223 Å². The first-order valence-corrected chi connectivity index (χ1v) is 13.2. The summed E-state index contributed by atoms with van der Waals surface area (Å²) >= 11 is 7.78. The minimum Gasteiger partial charge on any atom is -0.442 e. The third-order valence-corrected chi connectivity index (χ3v) is 6.35. The van der Waals surface area contributed by atoms with Gasteiger partial charge in [-0.1, -0.05) is 35.9 Å². The van der Waals surface area contributed by atoms with Gasteiger partial charge in [-0.05, 0) is 75.4 Å². The van der Waals surface area contributed by atoms with Crippen molar-refractivity contribution >= 4 is 41.4 Å². The Morgan fingerprint density at radius 3 is 2.53 bits per heavy atom. The van der Waals surface area contributed by atoms with E-state index in [-0.39, 0.29) is 25.2 Å². The van der Waals surface area contributed by atoms with Crippen LogP contribution in [0.4, 0.5) is 15.3 Å². The fourth-order valence-electron chi connectivity index (χ4n) is 3.31. The van der Waals surface area contributed by atoms with Crippen molar-refractivity contribution in [3.63, 3.8) is 0 Å². The van der Waals surface area contributed by atoms with Crippen LogP contribution in [0.25, 0.3) is 0 Å². The van der Waals surface area contributed by atoms with Gasteiger partial charge < -0.3 is 19.7 Å². The van der Waals surface area contributed by atoms with Crippen molar-refractivity contribution in [2.45, 2.75) is 50.7 Å². The lowest BCUT2D eigenvalue weighted by molar-refractivity contribution is 0.0301. The second kappa shape index (κ2) is 16.3.